The van der Waals surface area contributed by atoms with E-state index in [4.69, 9.17) is 5.73 Å². The van der Waals surface area contributed by atoms with Crippen molar-refractivity contribution in [3.8, 4) is 0 Å². The molecule has 5 nitrogen and oxygen atoms in total. The van der Waals surface area contributed by atoms with Crippen molar-refractivity contribution in [3.63, 3.8) is 0 Å². The molecule has 23 heavy (non-hydrogen) atoms. The molecular formula is C18H34N2O3. The summed E-state index contributed by atoms with van der Waals surface area (Å²) in [5.74, 6) is 0.467. The number of aliphatic hydroxyl groups excluding tert-OH is 1. The number of nitrogens with zero attached hydrogens (tertiary/aromatic N) is 1. The summed E-state index contributed by atoms with van der Waals surface area (Å²) in [5.41, 5.74) is 6.04. The minimum atomic E-state index is -0.898. The molecule has 0 aromatic heterocycles. The molecule has 0 saturated heterocycles. The second-order valence-corrected chi connectivity index (χ2v) is 9.16. The Hall–Kier alpha value is -0.810. The standard InChI is InChI=1S/C18H34N2O3/c1-12-5-6-14(15(21)7-12)20(16(22)23)13-8-17(2,3)10-18(4,9-13)11-19/h12-15,21H,5-11,19H2,1-4H3,(H,22,23). The van der Waals surface area contributed by atoms with E-state index in [0.29, 0.717) is 18.9 Å². The number of aliphatic hydroxyl groups is 1. The molecule has 5 atom stereocenters. The minimum Gasteiger partial charge on any atom is -0.465 e. The van der Waals surface area contributed by atoms with Crippen molar-refractivity contribution in [2.75, 3.05) is 6.54 Å². The highest BCUT2D eigenvalue weighted by molar-refractivity contribution is 5.66. The van der Waals surface area contributed by atoms with E-state index in [1.807, 2.05) is 0 Å². The monoisotopic (exact) mass is 326 g/mol. The molecule has 2 fully saturated rings. The van der Waals surface area contributed by atoms with Crippen molar-refractivity contribution in [3.05, 3.63) is 0 Å². The zero-order valence-electron chi connectivity index (χ0n) is 15.1. The maximum absolute atomic E-state index is 12.0. The van der Waals surface area contributed by atoms with Crippen LogP contribution in [-0.4, -0.2) is 45.9 Å². The first-order valence-corrected chi connectivity index (χ1v) is 8.96. The summed E-state index contributed by atoms with van der Waals surface area (Å²) in [5, 5.41) is 20.3. The first kappa shape index (κ1) is 18.5. The van der Waals surface area contributed by atoms with Crippen molar-refractivity contribution < 1.29 is 15.0 Å². The van der Waals surface area contributed by atoms with Gasteiger partial charge in [0.2, 0.25) is 0 Å². The Balaban J connectivity index is 2.24. The summed E-state index contributed by atoms with van der Waals surface area (Å²) in [4.78, 5) is 13.6. The molecule has 5 heteroatoms. The number of carboxylic acid groups (broad SMARTS) is 1. The topological polar surface area (TPSA) is 86.8 Å². The van der Waals surface area contributed by atoms with Gasteiger partial charge in [0, 0.05) is 6.04 Å². The van der Waals surface area contributed by atoms with Crippen LogP contribution in [-0.2, 0) is 0 Å². The van der Waals surface area contributed by atoms with Gasteiger partial charge >= 0.3 is 6.09 Å². The van der Waals surface area contributed by atoms with E-state index in [2.05, 4.69) is 27.7 Å². The Labute approximate surface area is 140 Å². The highest BCUT2D eigenvalue weighted by Gasteiger charge is 2.46. The molecule has 4 N–H and O–H groups in total. The summed E-state index contributed by atoms with van der Waals surface area (Å²) < 4.78 is 0. The van der Waals surface area contributed by atoms with Crippen LogP contribution in [0.2, 0.25) is 0 Å². The molecule has 1 amide bonds. The van der Waals surface area contributed by atoms with Crippen LogP contribution < -0.4 is 5.73 Å². The number of nitrogens with two attached hydrogens (primary N) is 1. The summed E-state index contributed by atoms with van der Waals surface area (Å²) in [6, 6.07) is -0.331. The van der Waals surface area contributed by atoms with Gasteiger partial charge in [-0.3, -0.25) is 4.90 Å². The average molecular weight is 326 g/mol. The Morgan fingerprint density at radius 1 is 1.26 bits per heavy atom. The molecule has 0 bridgehead atoms. The van der Waals surface area contributed by atoms with Gasteiger partial charge in [-0.1, -0.05) is 27.7 Å². The maximum Gasteiger partial charge on any atom is 0.407 e. The summed E-state index contributed by atoms with van der Waals surface area (Å²) in [7, 11) is 0. The SMILES string of the molecule is CC1CCC(N(C(=O)O)C2CC(C)(C)CC(C)(CN)C2)C(O)C1. The number of carbonyl (C=O) groups is 1. The minimum absolute atomic E-state index is 0.0347. The largest absolute Gasteiger partial charge is 0.465 e. The average Bonchev–Trinajstić information content (AvgIpc) is 2.39. The fourth-order valence-electron chi connectivity index (χ4n) is 5.16. The molecule has 134 valence electrons. The van der Waals surface area contributed by atoms with E-state index < -0.39 is 12.2 Å². The third kappa shape index (κ3) is 4.18. The van der Waals surface area contributed by atoms with Gasteiger partial charge < -0.3 is 15.9 Å². The second kappa shape index (κ2) is 6.60. The Morgan fingerprint density at radius 3 is 2.43 bits per heavy atom. The molecule has 0 spiro atoms. The third-order valence-electron chi connectivity index (χ3n) is 5.93. The van der Waals surface area contributed by atoms with Gasteiger partial charge in [0.25, 0.3) is 0 Å². The molecule has 2 aliphatic rings. The Kier molecular flexibility index (Phi) is 5.31. The predicted octanol–water partition coefficient (Wildman–Crippen LogP) is 3.06. The number of hydrogen-bond acceptors (Lipinski definition) is 3. The van der Waals surface area contributed by atoms with E-state index in [1.54, 1.807) is 4.90 Å². The Morgan fingerprint density at radius 2 is 1.91 bits per heavy atom. The van der Waals surface area contributed by atoms with E-state index in [9.17, 15) is 15.0 Å². The van der Waals surface area contributed by atoms with Crippen LogP contribution in [0, 0.1) is 16.7 Å². The highest BCUT2D eigenvalue weighted by atomic mass is 16.4. The van der Waals surface area contributed by atoms with Gasteiger partial charge in [0.05, 0.1) is 12.1 Å². The summed E-state index contributed by atoms with van der Waals surface area (Å²) in [6.45, 7) is 9.27. The molecule has 0 aliphatic heterocycles. The third-order valence-corrected chi connectivity index (χ3v) is 5.93. The summed E-state index contributed by atoms with van der Waals surface area (Å²) >= 11 is 0. The summed E-state index contributed by atoms with van der Waals surface area (Å²) in [6.07, 6.45) is 3.63. The Bertz CT molecular complexity index is 440. The van der Waals surface area contributed by atoms with E-state index >= 15 is 0 Å². The first-order chi connectivity index (χ1) is 10.6. The van der Waals surface area contributed by atoms with Gasteiger partial charge in [-0.15, -0.1) is 0 Å². The zero-order valence-corrected chi connectivity index (χ0v) is 15.1. The van der Waals surface area contributed by atoms with Crippen LogP contribution in [0.5, 0.6) is 0 Å². The predicted molar refractivity (Wildman–Crippen MR) is 91.3 cm³/mol. The van der Waals surface area contributed by atoms with Crippen molar-refractivity contribution in [1.29, 1.82) is 0 Å². The van der Waals surface area contributed by atoms with Crippen molar-refractivity contribution in [2.24, 2.45) is 22.5 Å². The molecule has 2 saturated carbocycles. The van der Waals surface area contributed by atoms with Crippen LogP contribution >= 0.6 is 0 Å². The molecule has 0 aromatic rings. The van der Waals surface area contributed by atoms with Crippen molar-refractivity contribution in [2.45, 2.75) is 84.4 Å². The highest BCUT2D eigenvalue weighted by Crippen LogP contribution is 2.48. The quantitative estimate of drug-likeness (QED) is 0.744. The molecule has 5 unspecified atom stereocenters. The van der Waals surface area contributed by atoms with Crippen LogP contribution in [0.3, 0.4) is 0 Å². The van der Waals surface area contributed by atoms with Crippen LogP contribution in [0.25, 0.3) is 0 Å². The number of amides is 1. The first-order valence-electron chi connectivity index (χ1n) is 8.96. The lowest BCUT2D eigenvalue weighted by atomic mass is 9.62. The molecule has 2 rings (SSSR count). The number of hydrogen-bond donors (Lipinski definition) is 3. The molecular weight excluding hydrogens is 292 g/mol. The molecule has 0 aromatic carbocycles. The lowest BCUT2D eigenvalue weighted by Crippen LogP contribution is -2.57. The maximum atomic E-state index is 12.0. The second-order valence-electron chi connectivity index (χ2n) is 9.16. The molecule has 0 radical (unpaired) electrons. The van der Waals surface area contributed by atoms with E-state index in [-0.39, 0.29) is 22.9 Å². The number of rotatable bonds is 3. The van der Waals surface area contributed by atoms with Gasteiger partial charge in [-0.25, -0.2) is 4.79 Å². The molecule has 0 heterocycles. The van der Waals surface area contributed by atoms with Gasteiger partial charge in [0.15, 0.2) is 0 Å². The van der Waals surface area contributed by atoms with Crippen molar-refractivity contribution in [1.82, 2.24) is 4.90 Å². The van der Waals surface area contributed by atoms with Gasteiger partial charge in [0.1, 0.15) is 0 Å². The van der Waals surface area contributed by atoms with Gasteiger partial charge in [-0.2, -0.15) is 0 Å². The van der Waals surface area contributed by atoms with E-state index in [1.165, 1.54) is 0 Å². The fourth-order valence-corrected chi connectivity index (χ4v) is 5.16. The van der Waals surface area contributed by atoms with Crippen molar-refractivity contribution >= 4 is 6.09 Å². The van der Waals surface area contributed by atoms with Gasteiger partial charge in [-0.05, 0) is 61.8 Å². The lowest BCUT2D eigenvalue weighted by Gasteiger charge is -2.51. The smallest absolute Gasteiger partial charge is 0.407 e. The van der Waals surface area contributed by atoms with Crippen LogP contribution in [0.15, 0.2) is 0 Å². The zero-order chi connectivity index (χ0) is 17.4. The normalized spacial score (nSPS) is 40.6. The molecule has 2 aliphatic carbocycles. The lowest BCUT2D eigenvalue weighted by molar-refractivity contribution is -0.0423. The van der Waals surface area contributed by atoms with E-state index in [0.717, 1.165) is 32.1 Å². The fraction of sp³-hybridized carbons (Fsp3) is 0.944. The van der Waals surface area contributed by atoms with Crippen LogP contribution in [0.4, 0.5) is 4.79 Å². The van der Waals surface area contributed by atoms with Crippen LogP contribution in [0.1, 0.15) is 66.2 Å².